The third kappa shape index (κ3) is 4.86. The van der Waals surface area contributed by atoms with E-state index in [1.54, 1.807) is 9.80 Å². The van der Waals surface area contributed by atoms with Crippen molar-refractivity contribution in [1.82, 2.24) is 9.80 Å². The number of piperazine rings is 1. The van der Waals surface area contributed by atoms with E-state index < -0.39 is 16.7 Å². The molecule has 0 unspecified atom stereocenters. The zero-order valence-corrected chi connectivity index (χ0v) is 15.9. The number of thiol groups is 1. The van der Waals surface area contributed by atoms with Crippen LogP contribution in [0.2, 0.25) is 0 Å². The Balaban J connectivity index is 1.57. The number of hydrogen-bond acceptors (Lipinski definition) is 4. The van der Waals surface area contributed by atoms with Crippen LogP contribution in [0.3, 0.4) is 0 Å². The van der Waals surface area contributed by atoms with Crippen LogP contribution >= 0.6 is 0 Å². The SMILES string of the molecule is O=C(Cc1ccccc1)N1CCN(C(=O)c2ccc(N[SH](=O)=O)c(F)c2)CC1. The van der Waals surface area contributed by atoms with Crippen LogP contribution in [0.4, 0.5) is 10.1 Å². The van der Waals surface area contributed by atoms with Gasteiger partial charge in [0.15, 0.2) is 0 Å². The van der Waals surface area contributed by atoms with Crippen LogP contribution in [0.1, 0.15) is 15.9 Å². The van der Waals surface area contributed by atoms with Crippen LogP contribution in [0, 0.1) is 5.82 Å². The molecule has 1 saturated heterocycles. The Morgan fingerprint density at radius 3 is 2.21 bits per heavy atom. The summed E-state index contributed by atoms with van der Waals surface area (Å²) < 4.78 is 37.2. The van der Waals surface area contributed by atoms with Crippen LogP contribution in [-0.4, -0.2) is 56.2 Å². The first-order valence-corrected chi connectivity index (χ1v) is 9.93. The quantitative estimate of drug-likeness (QED) is 0.734. The van der Waals surface area contributed by atoms with Gasteiger partial charge in [-0.25, -0.2) is 12.8 Å². The Morgan fingerprint density at radius 1 is 0.964 bits per heavy atom. The Hall–Kier alpha value is -2.94. The minimum atomic E-state index is -2.98. The second-order valence-electron chi connectivity index (χ2n) is 6.40. The van der Waals surface area contributed by atoms with E-state index in [9.17, 15) is 22.4 Å². The van der Waals surface area contributed by atoms with Gasteiger partial charge in [0.05, 0.1) is 12.1 Å². The topological polar surface area (TPSA) is 86.8 Å². The number of nitrogens with one attached hydrogen (secondary N) is 1. The maximum atomic E-state index is 14.0. The number of amides is 2. The van der Waals surface area contributed by atoms with Crippen molar-refractivity contribution in [2.45, 2.75) is 6.42 Å². The summed E-state index contributed by atoms with van der Waals surface area (Å²) >= 11 is 0. The molecule has 7 nitrogen and oxygen atoms in total. The van der Waals surface area contributed by atoms with Crippen LogP contribution < -0.4 is 4.72 Å². The Bertz CT molecular complexity index is 933. The molecule has 1 N–H and O–H groups in total. The molecule has 0 spiro atoms. The molecule has 1 aliphatic rings. The molecule has 1 heterocycles. The maximum Gasteiger partial charge on any atom is 0.254 e. The van der Waals surface area contributed by atoms with Gasteiger partial charge in [-0.05, 0) is 23.8 Å². The number of hydrogen-bond donors (Lipinski definition) is 2. The van der Waals surface area contributed by atoms with E-state index in [1.165, 1.54) is 12.1 Å². The molecule has 0 radical (unpaired) electrons. The maximum absolute atomic E-state index is 14.0. The van der Waals surface area contributed by atoms with Gasteiger partial charge in [0.1, 0.15) is 5.82 Å². The fraction of sp³-hybridized carbons (Fsp3) is 0.263. The molecule has 148 valence electrons. The van der Waals surface area contributed by atoms with Gasteiger partial charge in [0, 0.05) is 31.7 Å². The van der Waals surface area contributed by atoms with E-state index >= 15 is 0 Å². The smallest absolute Gasteiger partial charge is 0.254 e. The normalized spacial score (nSPS) is 14.2. The standard InChI is InChI=1S/C19H20FN3O4S/c20-16-13-15(6-7-17(16)21-28(26)27)19(25)23-10-8-22(9-11-23)18(24)12-14-4-2-1-3-5-14/h1-7,13,28H,8-12H2,(H,21,26,27). The first kappa shape index (κ1) is 19.8. The van der Waals surface area contributed by atoms with E-state index in [2.05, 4.69) is 0 Å². The number of carbonyl (C=O) groups excluding carboxylic acids is 2. The largest absolute Gasteiger partial charge is 0.339 e. The summed E-state index contributed by atoms with van der Waals surface area (Å²) in [5, 5.41) is 0. The predicted octanol–water partition coefficient (Wildman–Crippen LogP) is 1.29. The lowest BCUT2D eigenvalue weighted by Gasteiger charge is -2.35. The van der Waals surface area contributed by atoms with Gasteiger partial charge in [0.25, 0.3) is 5.91 Å². The van der Waals surface area contributed by atoms with Crippen molar-refractivity contribution in [2.75, 3.05) is 30.9 Å². The van der Waals surface area contributed by atoms with Crippen LogP contribution in [0.25, 0.3) is 0 Å². The minimum absolute atomic E-state index is 0.00601. The van der Waals surface area contributed by atoms with Crippen molar-refractivity contribution in [3.8, 4) is 0 Å². The lowest BCUT2D eigenvalue weighted by atomic mass is 10.1. The van der Waals surface area contributed by atoms with Crippen LogP contribution in [0.5, 0.6) is 0 Å². The lowest BCUT2D eigenvalue weighted by molar-refractivity contribution is -0.131. The summed E-state index contributed by atoms with van der Waals surface area (Å²) in [6.07, 6.45) is 0.316. The average Bonchev–Trinajstić information content (AvgIpc) is 2.69. The highest BCUT2D eigenvalue weighted by molar-refractivity contribution is 7.73. The molecule has 28 heavy (non-hydrogen) atoms. The molecular formula is C19H20FN3O4S. The van der Waals surface area contributed by atoms with Gasteiger partial charge < -0.3 is 9.80 Å². The molecule has 2 aromatic carbocycles. The number of carbonyl (C=O) groups is 2. The van der Waals surface area contributed by atoms with Crippen LogP contribution in [0.15, 0.2) is 48.5 Å². The van der Waals surface area contributed by atoms with Crippen molar-refractivity contribution in [3.05, 3.63) is 65.5 Å². The predicted molar refractivity (Wildman–Crippen MR) is 103 cm³/mol. The summed E-state index contributed by atoms with van der Waals surface area (Å²) in [5.41, 5.74) is 0.868. The summed E-state index contributed by atoms with van der Waals surface area (Å²) in [5.74, 6) is -1.17. The van der Waals surface area contributed by atoms with E-state index in [0.29, 0.717) is 32.6 Å². The van der Waals surface area contributed by atoms with E-state index in [0.717, 1.165) is 11.6 Å². The van der Waals surface area contributed by atoms with E-state index in [1.807, 2.05) is 35.1 Å². The monoisotopic (exact) mass is 405 g/mol. The molecule has 2 aromatic rings. The fourth-order valence-corrected chi connectivity index (χ4v) is 3.44. The lowest BCUT2D eigenvalue weighted by Crippen LogP contribution is -2.51. The van der Waals surface area contributed by atoms with Gasteiger partial charge in [-0.3, -0.25) is 14.3 Å². The van der Waals surface area contributed by atoms with Gasteiger partial charge in [-0.15, -0.1) is 0 Å². The minimum Gasteiger partial charge on any atom is -0.339 e. The number of anilines is 1. The molecule has 0 aromatic heterocycles. The highest BCUT2D eigenvalue weighted by atomic mass is 32.2. The third-order valence-electron chi connectivity index (χ3n) is 4.55. The number of benzene rings is 2. The summed E-state index contributed by atoms with van der Waals surface area (Å²) in [6.45, 7) is 1.53. The van der Waals surface area contributed by atoms with Gasteiger partial charge in [-0.1, -0.05) is 30.3 Å². The molecule has 0 aliphatic carbocycles. The van der Waals surface area contributed by atoms with E-state index in [-0.39, 0.29) is 23.1 Å². The van der Waals surface area contributed by atoms with Crippen LogP contribution in [-0.2, 0) is 22.1 Å². The molecule has 9 heteroatoms. The molecule has 0 saturated carbocycles. The first-order valence-electron chi connectivity index (χ1n) is 8.75. The first-order chi connectivity index (χ1) is 13.4. The molecule has 3 rings (SSSR count). The van der Waals surface area contributed by atoms with Gasteiger partial charge >= 0.3 is 0 Å². The number of rotatable bonds is 5. The van der Waals surface area contributed by atoms with Gasteiger partial charge in [0.2, 0.25) is 16.8 Å². The highest BCUT2D eigenvalue weighted by Crippen LogP contribution is 2.18. The Labute approximate surface area is 163 Å². The van der Waals surface area contributed by atoms with Crippen molar-refractivity contribution >= 4 is 28.4 Å². The highest BCUT2D eigenvalue weighted by Gasteiger charge is 2.25. The molecule has 2 amide bonds. The Morgan fingerprint density at radius 2 is 1.61 bits per heavy atom. The molecule has 1 aliphatic heterocycles. The Kier molecular flexibility index (Phi) is 6.25. The van der Waals surface area contributed by atoms with E-state index in [4.69, 9.17) is 0 Å². The summed E-state index contributed by atoms with van der Waals surface area (Å²) in [4.78, 5) is 28.2. The molecular weight excluding hydrogens is 385 g/mol. The van der Waals surface area contributed by atoms with Crippen molar-refractivity contribution < 1.29 is 22.4 Å². The molecule has 0 bridgehead atoms. The second-order valence-corrected chi connectivity index (χ2v) is 7.14. The summed E-state index contributed by atoms with van der Waals surface area (Å²) in [7, 11) is -2.98. The second kappa shape index (κ2) is 8.83. The fourth-order valence-electron chi connectivity index (χ4n) is 3.06. The molecule has 0 atom stereocenters. The number of nitrogens with zero attached hydrogens (tertiary/aromatic N) is 2. The number of halogens is 1. The third-order valence-corrected chi connectivity index (χ3v) is 4.97. The van der Waals surface area contributed by atoms with Crippen molar-refractivity contribution in [2.24, 2.45) is 0 Å². The van der Waals surface area contributed by atoms with Crippen molar-refractivity contribution in [3.63, 3.8) is 0 Å². The zero-order valence-electron chi connectivity index (χ0n) is 15.0. The van der Waals surface area contributed by atoms with Gasteiger partial charge in [-0.2, -0.15) is 0 Å². The summed E-state index contributed by atoms with van der Waals surface area (Å²) in [6, 6.07) is 13.1. The average molecular weight is 405 g/mol. The molecule has 1 fully saturated rings. The van der Waals surface area contributed by atoms with Crippen molar-refractivity contribution in [1.29, 1.82) is 0 Å². The zero-order chi connectivity index (χ0) is 20.1.